The molecule has 0 aliphatic heterocycles. The number of hydrogen-bond donors (Lipinski definition) is 2. The molecule has 0 atom stereocenters. The van der Waals surface area contributed by atoms with Crippen LogP contribution in [0.4, 0.5) is 11.5 Å². The van der Waals surface area contributed by atoms with Crippen LogP contribution in [0.2, 0.25) is 0 Å². The second-order valence-electron chi connectivity index (χ2n) is 7.34. The first-order valence-corrected chi connectivity index (χ1v) is 13.3. The number of rotatable bonds is 10. The summed E-state index contributed by atoms with van der Waals surface area (Å²) in [6.07, 6.45) is 2.61. The Labute approximate surface area is 198 Å². The molecule has 2 aromatic carbocycles. The third kappa shape index (κ3) is 7.27. The molecule has 0 bridgehead atoms. The summed E-state index contributed by atoms with van der Waals surface area (Å²) in [7, 11) is -5.60. The third-order valence-electron chi connectivity index (χ3n) is 4.62. The fourth-order valence-corrected chi connectivity index (χ4v) is 4.14. The van der Waals surface area contributed by atoms with Crippen molar-refractivity contribution in [2.75, 3.05) is 29.9 Å². The standard InChI is InChI=1S/C22H24N4O6S2/c1-26(33(2,28)29)15-17-6-10-19(11-7-17)32-16-22(27)24-18-8-12-20(13-9-18)34(30,31)25-21-5-3-4-14-23-21/h3-14H,15-16H2,1-2H3,(H,23,25)(H,24,27). The maximum atomic E-state index is 12.4. The van der Waals surface area contributed by atoms with E-state index in [1.54, 1.807) is 36.4 Å². The Bertz CT molecular complexity index is 1330. The largest absolute Gasteiger partial charge is 0.484 e. The highest BCUT2D eigenvalue weighted by Crippen LogP contribution is 2.18. The van der Waals surface area contributed by atoms with Crippen LogP contribution >= 0.6 is 0 Å². The van der Waals surface area contributed by atoms with Crippen LogP contribution in [0.1, 0.15) is 5.56 Å². The number of benzene rings is 2. The van der Waals surface area contributed by atoms with Crippen LogP contribution in [0.3, 0.4) is 0 Å². The third-order valence-corrected chi connectivity index (χ3v) is 7.25. The maximum Gasteiger partial charge on any atom is 0.263 e. The first-order chi connectivity index (χ1) is 16.0. The number of pyridine rings is 1. The minimum absolute atomic E-state index is 0.0222. The smallest absolute Gasteiger partial charge is 0.263 e. The van der Waals surface area contributed by atoms with E-state index in [1.807, 2.05) is 0 Å². The van der Waals surface area contributed by atoms with Crippen molar-refractivity contribution in [3.05, 3.63) is 78.5 Å². The van der Waals surface area contributed by atoms with E-state index in [9.17, 15) is 21.6 Å². The van der Waals surface area contributed by atoms with Crippen molar-refractivity contribution in [2.45, 2.75) is 11.4 Å². The van der Waals surface area contributed by atoms with Gasteiger partial charge < -0.3 is 10.1 Å². The molecule has 0 fully saturated rings. The Morgan fingerprint density at radius 1 is 0.971 bits per heavy atom. The van der Waals surface area contributed by atoms with Gasteiger partial charge in [-0.1, -0.05) is 18.2 Å². The Morgan fingerprint density at radius 2 is 1.65 bits per heavy atom. The molecule has 1 heterocycles. The monoisotopic (exact) mass is 504 g/mol. The van der Waals surface area contributed by atoms with Crippen LogP contribution in [0, 0.1) is 0 Å². The number of nitrogens with one attached hydrogen (secondary N) is 2. The van der Waals surface area contributed by atoms with Crippen LogP contribution in [-0.4, -0.2) is 51.9 Å². The van der Waals surface area contributed by atoms with Gasteiger partial charge in [-0.25, -0.2) is 26.1 Å². The number of carbonyl (C=O) groups excluding carboxylic acids is 1. The van der Waals surface area contributed by atoms with Gasteiger partial charge in [-0.15, -0.1) is 0 Å². The van der Waals surface area contributed by atoms with Gasteiger partial charge in [0.25, 0.3) is 15.9 Å². The molecule has 1 aromatic heterocycles. The van der Waals surface area contributed by atoms with Crippen molar-refractivity contribution in [1.29, 1.82) is 0 Å². The van der Waals surface area contributed by atoms with E-state index < -0.39 is 26.0 Å². The van der Waals surface area contributed by atoms with Crippen molar-refractivity contribution in [2.24, 2.45) is 0 Å². The molecule has 1 amide bonds. The lowest BCUT2D eigenvalue weighted by Gasteiger charge is -2.14. The minimum Gasteiger partial charge on any atom is -0.484 e. The molecule has 0 spiro atoms. The van der Waals surface area contributed by atoms with Gasteiger partial charge in [-0.05, 0) is 54.1 Å². The zero-order valence-electron chi connectivity index (χ0n) is 18.5. The SMILES string of the molecule is CN(Cc1ccc(OCC(=O)Nc2ccc(S(=O)(=O)Nc3ccccn3)cc2)cc1)S(C)(=O)=O. The number of aromatic nitrogens is 1. The number of sulfonamides is 2. The number of nitrogens with zero attached hydrogens (tertiary/aromatic N) is 2. The second kappa shape index (κ2) is 10.6. The molecular formula is C22H24N4O6S2. The highest BCUT2D eigenvalue weighted by atomic mass is 32.2. The minimum atomic E-state index is -3.81. The molecule has 2 N–H and O–H groups in total. The zero-order valence-corrected chi connectivity index (χ0v) is 20.1. The van der Waals surface area contributed by atoms with Gasteiger partial charge >= 0.3 is 0 Å². The van der Waals surface area contributed by atoms with E-state index in [4.69, 9.17) is 4.74 Å². The zero-order chi connectivity index (χ0) is 24.8. The molecule has 180 valence electrons. The quantitative estimate of drug-likeness (QED) is 0.432. The number of carbonyl (C=O) groups is 1. The maximum absolute atomic E-state index is 12.4. The average Bonchev–Trinajstić information content (AvgIpc) is 2.79. The second-order valence-corrected chi connectivity index (χ2v) is 11.1. The van der Waals surface area contributed by atoms with Crippen LogP contribution in [0.5, 0.6) is 5.75 Å². The molecule has 34 heavy (non-hydrogen) atoms. The molecule has 12 heteroatoms. The molecule has 3 rings (SSSR count). The van der Waals surface area contributed by atoms with Gasteiger partial charge in [-0.3, -0.25) is 9.52 Å². The van der Waals surface area contributed by atoms with Crippen LogP contribution < -0.4 is 14.8 Å². The van der Waals surface area contributed by atoms with Crippen molar-refractivity contribution in [3.8, 4) is 5.75 Å². The first-order valence-electron chi connectivity index (χ1n) is 10.00. The van der Waals surface area contributed by atoms with E-state index in [-0.39, 0.29) is 23.9 Å². The number of amides is 1. The van der Waals surface area contributed by atoms with Crippen molar-refractivity contribution in [3.63, 3.8) is 0 Å². The summed E-state index contributed by atoms with van der Waals surface area (Å²) in [6.45, 7) is -0.0352. The lowest BCUT2D eigenvalue weighted by Crippen LogP contribution is -2.24. The Balaban J connectivity index is 1.51. The van der Waals surface area contributed by atoms with E-state index in [0.29, 0.717) is 11.4 Å². The summed E-state index contributed by atoms with van der Waals surface area (Å²) in [5, 5.41) is 2.63. The topological polar surface area (TPSA) is 135 Å². The fraction of sp³-hybridized carbons (Fsp3) is 0.182. The van der Waals surface area contributed by atoms with Gasteiger partial charge in [0.05, 0.1) is 11.2 Å². The summed E-state index contributed by atoms with van der Waals surface area (Å²) in [5.74, 6) is 0.221. The van der Waals surface area contributed by atoms with Gasteiger partial charge in [0.1, 0.15) is 11.6 Å². The fourth-order valence-electron chi connectivity index (χ4n) is 2.75. The van der Waals surface area contributed by atoms with Crippen molar-refractivity contribution in [1.82, 2.24) is 9.29 Å². The van der Waals surface area contributed by atoms with Gasteiger partial charge in [0.2, 0.25) is 10.0 Å². The summed E-state index contributed by atoms with van der Waals surface area (Å²) in [5.41, 5.74) is 1.18. The first kappa shape index (κ1) is 25.1. The summed E-state index contributed by atoms with van der Waals surface area (Å²) in [6, 6.07) is 17.3. The predicted octanol–water partition coefficient (Wildman–Crippen LogP) is 2.29. The van der Waals surface area contributed by atoms with Crippen molar-refractivity contribution < 1.29 is 26.4 Å². The highest BCUT2D eigenvalue weighted by Gasteiger charge is 2.15. The molecule has 3 aromatic rings. The Kier molecular flexibility index (Phi) is 7.87. The van der Waals surface area contributed by atoms with Crippen LogP contribution in [0.25, 0.3) is 0 Å². The molecule has 0 radical (unpaired) electrons. The normalized spacial score (nSPS) is 11.7. The summed E-state index contributed by atoms with van der Waals surface area (Å²) < 4.78 is 56.9. The Hall–Kier alpha value is -3.48. The van der Waals surface area contributed by atoms with Gasteiger partial charge in [0, 0.05) is 25.5 Å². The molecule has 0 aliphatic carbocycles. The summed E-state index contributed by atoms with van der Waals surface area (Å²) in [4.78, 5) is 16.1. The molecule has 0 saturated heterocycles. The van der Waals surface area contributed by atoms with Crippen LogP contribution in [0.15, 0.2) is 77.8 Å². The molecule has 0 aliphatic rings. The lowest BCUT2D eigenvalue weighted by atomic mass is 10.2. The summed E-state index contributed by atoms with van der Waals surface area (Å²) >= 11 is 0. The Morgan fingerprint density at radius 3 is 2.24 bits per heavy atom. The van der Waals surface area contributed by atoms with E-state index in [0.717, 1.165) is 11.8 Å². The number of hydrogen-bond acceptors (Lipinski definition) is 7. The molecule has 0 unspecified atom stereocenters. The number of ether oxygens (including phenoxy) is 1. The van der Waals surface area contributed by atoms with Crippen LogP contribution in [-0.2, 0) is 31.4 Å². The van der Waals surface area contributed by atoms with Crippen molar-refractivity contribution >= 4 is 37.5 Å². The van der Waals surface area contributed by atoms with E-state index in [2.05, 4.69) is 15.0 Å². The molecular weight excluding hydrogens is 480 g/mol. The lowest BCUT2D eigenvalue weighted by molar-refractivity contribution is -0.118. The predicted molar refractivity (Wildman–Crippen MR) is 128 cm³/mol. The molecule has 10 nitrogen and oxygen atoms in total. The number of anilines is 2. The highest BCUT2D eigenvalue weighted by molar-refractivity contribution is 7.92. The molecule has 0 saturated carbocycles. The average molecular weight is 505 g/mol. The van der Waals surface area contributed by atoms with Gasteiger partial charge in [0.15, 0.2) is 6.61 Å². The van der Waals surface area contributed by atoms with E-state index in [1.165, 1.54) is 47.9 Å². The van der Waals surface area contributed by atoms with Gasteiger partial charge in [-0.2, -0.15) is 0 Å². The van der Waals surface area contributed by atoms with E-state index >= 15 is 0 Å².